The van der Waals surface area contributed by atoms with E-state index in [1.807, 2.05) is 20.8 Å². The van der Waals surface area contributed by atoms with Crippen LogP contribution in [0.2, 0.25) is 0 Å². The highest BCUT2D eigenvalue weighted by molar-refractivity contribution is 7.92. The molecule has 2 N–H and O–H groups in total. The third-order valence-electron chi connectivity index (χ3n) is 3.28. The molecule has 0 amide bonds. The molecule has 1 unspecified atom stereocenters. The molecule has 118 valence electrons. The zero-order valence-corrected chi connectivity index (χ0v) is 13.8. The predicted octanol–water partition coefficient (Wildman–Crippen LogP) is 1.40. The molecule has 0 bridgehead atoms. The van der Waals surface area contributed by atoms with E-state index in [4.69, 9.17) is 5.14 Å². The molecule has 0 radical (unpaired) electrons. The van der Waals surface area contributed by atoms with Gasteiger partial charge >= 0.3 is 10.3 Å². The Morgan fingerprint density at radius 1 is 1.33 bits per heavy atom. The quantitative estimate of drug-likeness (QED) is 0.900. The summed E-state index contributed by atoms with van der Waals surface area (Å²) in [4.78, 5) is 0.137. The summed E-state index contributed by atoms with van der Waals surface area (Å²) in [5.74, 6) is -0.0868. The molecule has 0 aliphatic carbocycles. The first-order valence-corrected chi connectivity index (χ1v) is 9.49. The van der Waals surface area contributed by atoms with Crippen LogP contribution in [0, 0.1) is 5.41 Å². The summed E-state index contributed by atoms with van der Waals surface area (Å²) in [5.41, 5.74) is 0.575. The van der Waals surface area contributed by atoms with Crippen molar-refractivity contribution in [1.29, 1.82) is 0 Å². The van der Waals surface area contributed by atoms with E-state index in [9.17, 15) is 16.8 Å². The molecule has 1 aromatic rings. The van der Waals surface area contributed by atoms with E-state index in [-0.39, 0.29) is 16.1 Å². The zero-order chi connectivity index (χ0) is 16.1. The van der Waals surface area contributed by atoms with Crippen LogP contribution in [-0.2, 0) is 26.6 Å². The van der Waals surface area contributed by atoms with Crippen LogP contribution in [0.1, 0.15) is 32.8 Å². The first-order chi connectivity index (χ1) is 9.38. The maximum Gasteiger partial charge on any atom is 0.380 e. The summed E-state index contributed by atoms with van der Waals surface area (Å²) in [5, 5.41) is 4.30. The van der Waals surface area contributed by atoms with E-state index in [0.29, 0.717) is 18.4 Å². The van der Waals surface area contributed by atoms with Gasteiger partial charge in [0.25, 0.3) is 0 Å². The van der Waals surface area contributed by atoms with Gasteiger partial charge in [0.15, 0.2) is 9.84 Å². The van der Waals surface area contributed by atoms with Crippen molar-refractivity contribution < 1.29 is 21.0 Å². The lowest BCUT2D eigenvalue weighted by Gasteiger charge is -2.22. The topological polar surface area (TPSA) is 104 Å². The molecule has 1 heterocycles. The van der Waals surface area contributed by atoms with Crippen molar-refractivity contribution in [3.8, 4) is 5.75 Å². The Balaban J connectivity index is 2.38. The van der Waals surface area contributed by atoms with Crippen molar-refractivity contribution in [2.45, 2.75) is 43.8 Å². The van der Waals surface area contributed by atoms with Crippen LogP contribution in [0.3, 0.4) is 0 Å². The minimum atomic E-state index is -4.17. The summed E-state index contributed by atoms with van der Waals surface area (Å²) in [6.45, 7) is 5.96. The van der Waals surface area contributed by atoms with Crippen LogP contribution in [0.5, 0.6) is 5.75 Å². The highest BCUT2D eigenvalue weighted by atomic mass is 32.2. The molecular weight excluding hydrogens is 314 g/mol. The Bertz CT molecular complexity index is 760. The number of hydrogen-bond donors (Lipinski definition) is 1. The van der Waals surface area contributed by atoms with Crippen LogP contribution in [0.4, 0.5) is 0 Å². The Morgan fingerprint density at radius 2 is 1.95 bits per heavy atom. The van der Waals surface area contributed by atoms with Gasteiger partial charge in [0, 0.05) is 6.07 Å². The largest absolute Gasteiger partial charge is 0.380 e. The molecule has 1 aliphatic heterocycles. The van der Waals surface area contributed by atoms with E-state index in [2.05, 4.69) is 4.18 Å². The molecule has 1 atom stereocenters. The first kappa shape index (κ1) is 16.3. The second-order valence-electron chi connectivity index (χ2n) is 6.48. The first-order valence-electron chi connectivity index (χ1n) is 6.47. The van der Waals surface area contributed by atoms with Gasteiger partial charge in [0.2, 0.25) is 0 Å². The fourth-order valence-electron chi connectivity index (χ4n) is 2.55. The van der Waals surface area contributed by atoms with Crippen molar-refractivity contribution in [2.75, 3.05) is 0 Å². The van der Waals surface area contributed by atoms with Gasteiger partial charge in [-0.2, -0.15) is 13.6 Å². The minimum absolute atomic E-state index is 0.0868. The van der Waals surface area contributed by atoms with Crippen LogP contribution < -0.4 is 9.32 Å². The van der Waals surface area contributed by atoms with Gasteiger partial charge in [0.1, 0.15) is 5.75 Å². The van der Waals surface area contributed by atoms with E-state index < -0.39 is 25.4 Å². The van der Waals surface area contributed by atoms with Crippen molar-refractivity contribution in [2.24, 2.45) is 10.6 Å². The monoisotopic (exact) mass is 333 g/mol. The van der Waals surface area contributed by atoms with Crippen LogP contribution in [0.15, 0.2) is 23.1 Å². The van der Waals surface area contributed by atoms with Crippen molar-refractivity contribution in [3.05, 3.63) is 23.8 Å². The second kappa shape index (κ2) is 4.96. The molecule has 21 heavy (non-hydrogen) atoms. The highest BCUT2D eigenvalue weighted by Gasteiger charge is 2.39. The molecule has 0 aromatic heterocycles. The zero-order valence-electron chi connectivity index (χ0n) is 12.2. The van der Waals surface area contributed by atoms with E-state index in [1.165, 1.54) is 12.1 Å². The van der Waals surface area contributed by atoms with E-state index in [0.717, 1.165) is 0 Å². The van der Waals surface area contributed by atoms with Gasteiger partial charge in [-0.05, 0) is 29.9 Å². The van der Waals surface area contributed by atoms with Crippen LogP contribution in [-0.4, -0.2) is 22.1 Å². The number of hydrogen-bond acceptors (Lipinski definition) is 5. The van der Waals surface area contributed by atoms with Gasteiger partial charge in [0.05, 0.1) is 10.1 Å². The fourth-order valence-corrected chi connectivity index (χ4v) is 5.20. The molecule has 8 heteroatoms. The average Bonchev–Trinajstić information content (AvgIpc) is 2.47. The summed E-state index contributed by atoms with van der Waals surface area (Å²) < 4.78 is 51.5. The number of nitrogens with two attached hydrogens (primary N) is 1. The molecule has 6 nitrogen and oxygen atoms in total. The maximum atomic E-state index is 12.5. The van der Waals surface area contributed by atoms with E-state index >= 15 is 0 Å². The van der Waals surface area contributed by atoms with Crippen LogP contribution >= 0.6 is 0 Å². The molecule has 0 fully saturated rings. The highest BCUT2D eigenvalue weighted by Crippen LogP contribution is 2.38. The lowest BCUT2D eigenvalue weighted by molar-refractivity contribution is 0.367. The third kappa shape index (κ3) is 3.75. The van der Waals surface area contributed by atoms with Gasteiger partial charge < -0.3 is 4.18 Å². The Labute approximate surface area is 125 Å². The van der Waals surface area contributed by atoms with Gasteiger partial charge in [-0.15, -0.1) is 0 Å². The predicted molar refractivity (Wildman–Crippen MR) is 78.9 cm³/mol. The summed E-state index contributed by atoms with van der Waals surface area (Å²) in [6.07, 6.45) is 0.972. The number of sulfone groups is 1. The minimum Gasteiger partial charge on any atom is -0.371 e. The van der Waals surface area contributed by atoms with Gasteiger partial charge in [-0.3, -0.25) is 0 Å². The smallest absolute Gasteiger partial charge is 0.371 e. The van der Waals surface area contributed by atoms with E-state index in [1.54, 1.807) is 6.07 Å². The maximum absolute atomic E-state index is 12.5. The van der Waals surface area contributed by atoms with Crippen molar-refractivity contribution in [1.82, 2.24) is 0 Å². The van der Waals surface area contributed by atoms with Gasteiger partial charge in [-0.1, -0.05) is 26.8 Å². The molecule has 1 aromatic carbocycles. The summed E-state index contributed by atoms with van der Waals surface area (Å²) in [7, 11) is -7.64. The Morgan fingerprint density at radius 3 is 2.48 bits per heavy atom. The molecule has 2 rings (SSSR count). The van der Waals surface area contributed by atoms with Crippen molar-refractivity contribution >= 4 is 20.1 Å². The normalized spacial score (nSPS) is 21.0. The number of benzene rings is 1. The molecular formula is C13H19NO5S2. The molecule has 0 spiro atoms. The molecule has 1 aliphatic rings. The lowest BCUT2D eigenvalue weighted by atomic mass is 9.89. The SMILES string of the molecule is CC(C)(C)CC1Cc2ccc(OS(N)(=O)=O)cc2S1(=O)=O. The average molecular weight is 333 g/mol. The Kier molecular flexibility index (Phi) is 3.84. The Hall–Kier alpha value is -1.12. The van der Waals surface area contributed by atoms with Gasteiger partial charge in [-0.25, -0.2) is 8.42 Å². The summed E-state index contributed by atoms with van der Waals surface area (Å²) >= 11 is 0. The fraction of sp³-hybridized carbons (Fsp3) is 0.538. The number of fused-ring (bicyclic) bond motifs is 1. The van der Waals surface area contributed by atoms with Crippen LogP contribution in [0.25, 0.3) is 0 Å². The standard InChI is InChI=1S/C13H19NO5S2/c1-13(2,3)8-11-6-9-4-5-10(19-21(14,17)18)7-12(9)20(11,15)16/h4-5,7,11H,6,8H2,1-3H3,(H2,14,17,18). The lowest BCUT2D eigenvalue weighted by Crippen LogP contribution is -2.23. The second-order valence-corrected chi connectivity index (χ2v) is 9.83. The molecule has 0 saturated heterocycles. The van der Waals surface area contributed by atoms with Crippen molar-refractivity contribution in [3.63, 3.8) is 0 Å². The third-order valence-corrected chi connectivity index (χ3v) is 5.91. The molecule has 0 saturated carbocycles. The summed E-state index contributed by atoms with van der Waals surface area (Å²) in [6, 6.07) is 4.23. The number of rotatable bonds is 3.